The van der Waals surface area contributed by atoms with Gasteiger partial charge >= 0.3 is 0 Å². The third-order valence-corrected chi connectivity index (χ3v) is 4.56. The van der Waals surface area contributed by atoms with Crippen molar-refractivity contribution in [1.29, 1.82) is 5.41 Å². The molecular formula is C22H25N3O3. The van der Waals surface area contributed by atoms with E-state index >= 15 is 0 Å². The molecule has 0 aliphatic rings. The zero-order chi connectivity index (χ0) is 20.1. The van der Waals surface area contributed by atoms with E-state index in [2.05, 4.69) is 24.1 Å². The zero-order valence-corrected chi connectivity index (χ0v) is 16.4. The Kier molecular flexibility index (Phi) is 5.99. The van der Waals surface area contributed by atoms with Crippen LogP contribution in [0, 0.1) is 5.41 Å². The lowest BCUT2D eigenvalue weighted by atomic mass is 10.1. The van der Waals surface area contributed by atoms with Crippen molar-refractivity contribution in [3.63, 3.8) is 0 Å². The summed E-state index contributed by atoms with van der Waals surface area (Å²) < 4.78 is 11.2. The number of rotatable bonds is 7. The van der Waals surface area contributed by atoms with Crippen molar-refractivity contribution in [2.75, 3.05) is 29.9 Å². The van der Waals surface area contributed by atoms with E-state index in [1.165, 1.54) is 0 Å². The monoisotopic (exact) mass is 379 g/mol. The van der Waals surface area contributed by atoms with E-state index in [0.29, 0.717) is 23.6 Å². The van der Waals surface area contributed by atoms with Gasteiger partial charge in [-0.05, 0) is 51.1 Å². The maximum Gasteiger partial charge on any atom is 0.261 e. The Bertz CT molecular complexity index is 1040. The Balaban J connectivity index is 1.93. The van der Waals surface area contributed by atoms with Crippen molar-refractivity contribution in [1.82, 2.24) is 0 Å². The molecule has 3 aromatic rings. The molecule has 1 amide bonds. The van der Waals surface area contributed by atoms with Crippen LogP contribution in [0.3, 0.4) is 0 Å². The maximum absolute atomic E-state index is 12.7. The SMILES string of the molecule is CCOc1ccccc1NC(=O)c1cc2ccc(N(CC)CC)cc2oc1=N. The fraction of sp³-hybridized carbons (Fsp3) is 0.273. The molecular weight excluding hydrogens is 354 g/mol. The van der Waals surface area contributed by atoms with Crippen LogP contribution in [0.15, 0.2) is 52.9 Å². The predicted octanol–water partition coefficient (Wildman–Crippen LogP) is 4.41. The van der Waals surface area contributed by atoms with Crippen LogP contribution < -0.4 is 20.5 Å². The number of ether oxygens (including phenoxy) is 1. The fourth-order valence-corrected chi connectivity index (χ4v) is 3.11. The third-order valence-electron chi connectivity index (χ3n) is 4.56. The highest BCUT2D eigenvalue weighted by Gasteiger charge is 2.15. The van der Waals surface area contributed by atoms with Gasteiger partial charge in [0.1, 0.15) is 16.9 Å². The first-order valence-electron chi connectivity index (χ1n) is 9.48. The molecule has 0 spiro atoms. The normalized spacial score (nSPS) is 10.7. The first-order chi connectivity index (χ1) is 13.6. The van der Waals surface area contributed by atoms with Crippen molar-refractivity contribution in [3.05, 3.63) is 59.6 Å². The zero-order valence-electron chi connectivity index (χ0n) is 16.4. The van der Waals surface area contributed by atoms with Crippen molar-refractivity contribution in [2.45, 2.75) is 20.8 Å². The summed E-state index contributed by atoms with van der Waals surface area (Å²) >= 11 is 0. The first-order valence-corrected chi connectivity index (χ1v) is 9.48. The Morgan fingerprint density at radius 1 is 1.11 bits per heavy atom. The molecule has 146 valence electrons. The van der Waals surface area contributed by atoms with E-state index in [9.17, 15) is 4.79 Å². The summed E-state index contributed by atoms with van der Waals surface area (Å²) in [5.41, 5.74) is 2.18. The molecule has 2 N–H and O–H groups in total. The average molecular weight is 379 g/mol. The van der Waals surface area contributed by atoms with E-state index in [0.717, 1.165) is 24.2 Å². The minimum absolute atomic E-state index is 0.171. The molecule has 0 radical (unpaired) electrons. The smallest absolute Gasteiger partial charge is 0.261 e. The summed E-state index contributed by atoms with van der Waals surface area (Å²) in [5, 5.41) is 11.8. The highest BCUT2D eigenvalue weighted by atomic mass is 16.5. The molecule has 0 bridgehead atoms. The number of para-hydroxylation sites is 2. The van der Waals surface area contributed by atoms with E-state index in [-0.39, 0.29) is 11.1 Å². The lowest BCUT2D eigenvalue weighted by Gasteiger charge is -2.21. The average Bonchev–Trinajstić information content (AvgIpc) is 2.70. The highest BCUT2D eigenvalue weighted by molar-refractivity contribution is 6.06. The van der Waals surface area contributed by atoms with Crippen molar-refractivity contribution < 1.29 is 13.9 Å². The Morgan fingerprint density at radius 3 is 2.57 bits per heavy atom. The minimum atomic E-state index is -0.407. The molecule has 0 aliphatic carbocycles. The van der Waals surface area contributed by atoms with Crippen molar-refractivity contribution in [3.8, 4) is 5.75 Å². The molecule has 0 unspecified atom stereocenters. The van der Waals surface area contributed by atoms with E-state index in [4.69, 9.17) is 14.6 Å². The summed E-state index contributed by atoms with van der Waals surface area (Å²) in [4.78, 5) is 14.9. The van der Waals surface area contributed by atoms with Crippen LogP contribution in [-0.2, 0) is 0 Å². The second-order valence-electron chi connectivity index (χ2n) is 6.27. The van der Waals surface area contributed by atoms with Gasteiger partial charge in [0.15, 0.2) is 0 Å². The van der Waals surface area contributed by atoms with Gasteiger partial charge in [-0.1, -0.05) is 12.1 Å². The largest absolute Gasteiger partial charge is 0.492 e. The molecule has 0 aliphatic heterocycles. The summed E-state index contributed by atoms with van der Waals surface area (Å²) in [6.45, 7) is 8.33. The van der Waals surface area contributed by atoms with Gasteiger partial charge in [0.25, 0.3) is 5.91 Å². The van der Waals surface area contributed by atoms with Crippen LogP contribution in [-0.4, -0.2) is 25.6 Å². The third kappa shape index (κ3) is 4.01. The van der Waals surface area contributed by atoms with Crippen LogP contribution in [0.25, 0.3) is 11.0 Å². The molecule has 1 heterocycles. The second kappa shape index (κ2) is 8.61. The number of carbonyl (C=O) groups is 1. The quantitative estimate of drug-likeness (QED) is 0.637. The standard InChI is InChI=1S/C22H25N3O3/c1-4-25(5-2)16-12-11-15-13-17(21(23)28-20(15)14-16)22(26)24-18-9-7-8-10-19(18)27-6-3/h7-14,23H,4-6H2,1-3H3,(H,24,26). The summed E-state index contributed by atoms with van der Waals surface area (Å²) in [6, 6.07) is 14.7. The van der Waals surface area contributed by atoms with Crippen LogP contribution in [0.1, 0.15) is 31.1 Å². The summed E-state index contributed by atoms with van der Waals surface area (Å²) in [7, 11) is 0. The number of carbonyl (C=O) groups excluding carboxylic acids is 1. The first kappa shape index (κ1) is 19.5. The van der Waals surface area contributed by atoms with Crippen LogP contribution >= 0.6 is 0 Å². The Morgan fingerprint density at radius 2 is 1.86 bits per heavy atom. The molecule has 2 aromatic carbocycles. The number of hydrogen-bond donors (Lipinski definition) is 2. The number of amides is 1. The molecule has 3 rings (SSSR count). The van der Waals surface area contributed by atoms with Gasteiger partial charge in [0.05, 0.1) is 12.3 Å². The topological polar surface area (TPSA) is 78.6 Å². The van der Waals surface area contributed by atoms with E-state index < -0.39 is 5.91 Å². The number of fused-ring (bicyclic) bond motifs is 1. The van der Waals surface area contributed by atoms with Gasteiger partial charge in [-0.3, -0.25) is 10.2 Å². The predicted molar refractivity (Wildman–Crippen MR) is 111 cm³/mol. The molecule has 0 fully saturated rings. The number of anilines is 2. The maximum atomic E-state index is 12.7. The molecule has 6 nitrogen and oxygen atoms in total. The summed E-state index contributed by atoms with van der Waals surface area (Å²) in [6.07, 6.45) is 0. The van der Waals surface area contributed by atoms with Gasteiger partial charge in [-0.25, -0.2) is 0 Å². The lowest BCUT2D eigenvalue weighted by molar-refractivity contribution is 0.102. The number of nitrogens with zero attached hydrogens (tertiary/aromatic N) is 1. The van der Waals surface area contributed by atoms with Gasteiger partial charge in [0, 0.05) is 30.2 Å². The molecule has 6 heteroatoms. The van der Waals surface area contributed by atoms with E-state index in [1.54, 1.807) is 18.2 Å². The summed E-state index contributed by atoms with van der Waals surface area (Å²) in [5.74, 6) is 0.182. The lowest BCUT2D eigenvalue weighted by Crippen LogP contribution is -2.22. The van der Waals surface area contributed by atoms with Crippen LogP contribution in [0.4, 0.5) is 11.4 Å². The van der Waals surface area contributed by atoms with Crippen molar-refractivity contribution in [2.24, 2.45) is 0 Å². The number of nitrogens with one attached hydrogen (secondary N) is 2. The minimum Gasteiger partial charge on any atom is -0.492 e. The van der Waals surface area contributed by atoms with Gasteiger partial charge < -0.3 is 19.4 Å². The second-order valence-corrected chi connectivity index (χ2v) is 6.27. The fourth-order valence-electron chi connectivity index (χ4n) is 3.11. The van der Waals surface area contributed by atoms with E-state index in [1.807, 2.05) is 37.3 Å². The van der Waals surface area contributed by atoms with Crippen LogP contribution in [0.2, 0.25) is 0 Å². The highest BCUT2D eigenvalue weighted by Crippen LogP contribution is 2.25. The molecule has 0 saturated carbocycles. The Labute approximate surface area is 164 Å². The van der Waals surface area contributed by atoms with Crippen molar-refractivity contribution >= 4 is 28.3 Å². The Hall–Kier alpha value is -3.28. The molecule has 0 saturated heterocycles. The van der Waals surface area contributed by atoms with Gasteiger partial charge in [-0.15, -0.1) is 0 Å². The molecule has 1 aromatic heterocycles. The molecule has 0 atom stereocenters. The van der Waals surface area contributed by atoms with Gasteiger partial charge in [-0.2, -0.15) is 0 Å². The number of benzene rings is 2. The van der Waals surface area contributed by atoms with Gasteiger partial charge in [0.2, 0.25) is 5.55 Å². The number of hydrogen-bond acceptors (Lipinski definition) is 5. The molecule has 28 heavy (non-hydrogen) atoms. The van der Waals surface area contributed by atoms with Crippen LogP contribution in [0.5, 0.6) is 5.75 Å².